The van der Waals surface area contributed by atoms with Crippen molar-refractivity contribution in [3.63, 3.8) is 0 Å². The summed E-state index contributed by atoms with van der Waals surface area (Å²) in [5.74, 6) is -0.813. The fourth-order valence-corrected chi connectivity index (χ4v) is 1.54. The molecule has 16 heavy (non-hydrogen) atoms. The molecule has 7 heteroatoms. The van der Waals surface area contributed by atoms with Gasteiger partial charge in [-0.05, 0) is 18.2 Å². The van der Waals surface area contributed by atoms with Gasteiger partial charge in [-0.25, -0.2) is 17.9 Å². The van der Waals surface area contributed by atoms with Crippen LogP contribution in [0.4, 0.5) is 4.39 Å². The Bertz CT molecular complexity index is 461. The highest BCUT2D eigenvalue weighted by Gasteiger charge is 2.11. The number of primary sulfonamides is 1. The summed E-state index contributed by atoms with van der Waals surface area (Å²) in [6.07, 6.45) is 0. The molecule has 0 fully saturated rings. The first-order valence-electron chi connectivity index (χ1n) is 4.39. The minimum absolute atomic E-state index is 0.0375. The Balaban J connectivity index is 2.84. The van der Waals surface area contributed by atoms with Gasteiger partial charge in [0.25, 0.3) is 0 Å². The predicted molar refractivity (Wildman–Crippen MR) is 55.1 cm³/mol. The van der Waals surface area contributed by atoms with Crippen molar-refractivity contribution in [3.05, 3.63) is 24.0 Å². The summed E-state index contributed by atoms with van der Waals surface area (Å²) in [4.78, 5) is -0.288. The maximum Gasteiger partial charge on any atom is 0.238 e. The number of benzene rings is 1. The lowest BCUT2D eigenvalue weighted by Crippen LogP contribution is -2.12. The molecule has 0 unspecified atom stereocenters. The van der Waals surface area contributed by atoms with E-state index >= 15 is 0 Å². The van der Waals surface area contributed by atoms with Crippen molar-refractivity contribution in [1.29, 1.82) is 0 Å². The summed E-state index contributed by atoms with van der Waals surface area (Å²) in [5, 5.41) is 4.84. The van der Waals surface area contributed by atoms with Gasteiger partial charge < -0.3 is 9.47 Å². The van der Waals surface area contributed by atoms with E-state index < -0.39 is 15.8 Å². The average molecular weight is 249 g/mol. The molecule has 0 saturated carbocycles. The predicted octanol–water partition coefficient (Wildman–Crippen LogP) is 0.498. The zero-order chi connectivity index (χ0) is 12.2. The zero-order valence-corrected chi connectivity index (χ0v) is 9.46. The Kier molecular flexibility index (Phi) is 4.22. The minimum atomic E-state index is -3.89. The van der Waals surface area contributed by atoms with E-state index in [1.54, 1.807) is 0 Å². The molecule has 0 bridgehead atoms. The van der Waals surface area contributed by atoms with E-state index in [1.807, 2.05) is 0 Å². The topological polar surface area (TPSA) is 78.6 Å². The van der Waals surface area contributed by atoms with Gasteiger partial charge in [0, 0.05) is 7.11 Å². The number of rotatable bonds is 5. The summed E-state index contributed by atoms with van der Waals surface area (Å²) < 4.78 is 44.9. The van der Waals surface area contributed by atoms with E-state index in [2.05, 4.69) is 0 Å². The molecule has 0 spiro atoms. The van der Waals surface area contributed by atoms with Crippen LogP contribution in [0.2, 0.25) is 0 Å². The van der Waals surface area contributed by atoms with Gasteiger partial charge in [-0.15, -0.1) is 0 Å². The molecule has 0 aliphatic heterocycles. The minimum Gasteiger partial charge on any atom is -0.488 e. The van der Waals surface area contributed by atoms with E-state index in [1.165, 1.54) is 19.2 Å². The van der Waals surface area contributed by atoms with Crippen LogP contribution < -0.4 is 9.88 Å². The number of hydrogen-bond donors (Lipinski definition) is 1. The summed E-state index contributed by atoms with van der Waals surface area (Å²) in [7, 11) is -2.40. The van der Waals surface area contributed by atoms with E-state index in [-0.39, 0.29) is 17.3 Å². The van der Waals surface area contributed by atoms with Crippen LogP contribution in [0.1, 0.15) is 0 Å². The highest BCUT2D eigenvalue weighted by molar-refractivity contribution is 7.89. The first-order chi connectivity index (χ1) is 7.45. The maximum atomic E-state index is 13.3. The van der Waals surface area contributed by atoms with Crippen molar-refractivity contribution in [3.8, 4) is 5.75 Å². The Hall–Kier alpha value is -1.18. The summed E-state index contributed by atoms with van der Waals surface area (Å²) in [6, 6.07) is 3.21. The largest absolute Gasteiger partial charge is 0.488 e. The van der Waals surface area contributed by atoms with Crippen molar-refractivity contribution < 1.29 is 22.3 Å². The molecule has 1 aromatic rings. The summed E-state index contributed by atoms with van der Waals surface area (Å²) >= 11 is 0. The van der Waals surface area contributed by atoms with Gasteiger partial charge in [0.05, 0.1) is 11.5 Å². The molecule has 2 N–H and O–H groups in total. The van der Waals surface area contributed by atoms with Gasteiger partial charge in [0.1, 0.15) is 6.61 Å². The molecule has 0 heterocycles. The molecule has 1 rings (SSSR count). The van der Waals surface area contributed by atoms with Crippen molar-refractivity contribution in [2.45, 2.75) is 4.90 Å². The fraction of sp³-hybridized carbons (Fsp3) is 0.333. The molecule has 0 atom stereocenters. The Labute approximate surface area is 93.0 Å². The van der Waals surface area contributed by atoms with E-state index in [0.29, 0.717) is 6.61 Å². The molecular weight excluding hydrogens is 237 g/mol. The molecule has 0 aliphatic carbocycles. The molecule has 0 aliphatic rings. The second-order valence-electron chi connectivity index (χ2n) is 2.98. The first kappa shape index (κ1) is 12.9. The van der Waals surface area contributed by atoms with Crippen molar-refractivity contribution in [2.75, 3.05) is 20.3 Å². The second-order valence-corrected chi connectivity index (χ2v) is 4.54. The highest BCUT2D eigenvalue weighted by Crippen LogP contribution is 2.20. The zero-order valence-electron chi connectivity index (χ0n) is 8.64. The van der Waals surface area contributed by atoms with Crippen LogP contribution in [0, 0.1) is 5.82 Å². The van der Waals surface area contributed by atoms with Gasteiger partial charge in [0.2, 0.25) is 10.0 Å². The van der Waals surface area contributed by atoms with Crippen LogP contribution >= 0.6 is 0 Å². The highest BCUT2D eigenvalue weighted by atomic mass is 32.2. The van der Waals surface area contributed by atoms with E-state index in [0.717, 1.165) is 6.07 Å². The van der Waals surface area contributed by atoms with Gasteiger partial charge in [-0.2, -0.15) is 0 Å². The lowest BCUT2D eigenvalue weighted by Gasteiger charge is -2.07. The van der Waals surface area contributed by atoms with E-state index in [4.69, 9.17) is 14.6 Å². The van der Waals surface area contributed by atoms with Crippen LogP contribution in [0.25, 0.3) is 0 Å². The molecular formula is C9H12FNO4S. The van der Waals surface area contributed by atoms with Crippen molar-refractivity contribution >= 4 is 10.0 Å². The Morgan fingerprint density at radius 2 is 2.06 bits per heavy atom. The second kappa shape index (κ2) is 5.24. The lowest BCUT2D eigenvalue weighted by molar-refractivity contribution is 0.144. The monoisotopic (exact) mass is 249 g/mol. The summed E-state index contributed by atoms with van der Waals surface area (Å²) in [5.41, 5.74) is 0. The number of sulfonamides is 1. The van der Waals surface area contributed by atoms with E-state index in [9.17, 15) is 12.8 Å². The fourth-order valence-electron chi connectivity index (χ4n) is 1.01. The molecule has 90 valence electrons. The van der Waals surface area contributed by atoms with Crippen molar-refractivity contribution in [1.82, 2.24) is 0 Å². The smallest absolute Gasteiger partial charge is 0.238 e. The SMILES string of the molecule is COCCOc1ccc(S(N)(=O)=O)cc1F. The van der Waals surface area contributed by atoms with Crippen LogP contribution in [0.15, 0.2) is 23.1 Å². The molecule has 1 aromatic carbocycles. The van der Waals surface area contributed by atoms with Crippen molar-refractivity contribution in [2.24, 2.45) is 5.14 Å². The standard InChI is InChI=1S/C9H12FNO4S/c1-14-4-5-15-9-3-2-7(6-8(9)10)16(11,12)13/h2-3,6H,4-5H2,1H3,(H2,11,12,13). The molecule has 0 radical (unpaired) electrons. The molecule has 0 aromatic heterocycles. The number of nitrogens with two attached hydrogens (primary N) is 1. The van der Waals surface area contributed by atoms with Crippen LogP contribution in [0.5, 0.6) is 5.75 Å². The van der Waals surface area contributed by atoms with Crippen LogP contribution in [0.3, 0.4) is 0 Å². The van der Waals surface area contributed by atoms with Gasteiger partial charge >= 0.3 is 0 Å². The van der Waals surface area contributed by atoms with Crippen LogP contribution in [-0.2, 0) is 14.8 Å². The normalized spacial score (nSPS) is 11.4. The van der Waals surface area contributed by atoms with Gasteiger partial charge in [-0.3, -0.25) is 0 Å². The quantitative estimate of drug-likeness (QED) is 0.771. The number of halogens is 1. The molecule has 0 saturated heterocycles. The third-order valence-corrected chi connectivity index (χ3v) is 2.69. The third-order valence-electron chi connectivity index (χ3n) is 1.78. The van der Waals surface area contributed by atoms with Crippen LogP contribution in [-0.4, -0.2) is 28.7 Å². The Morgan fingerprint density at radius 3 is 2.56 bits per heavy atom. The molecule has 5 nitrogen and oxygen atoms in total. The van der Waals surface area contributed by atoms with Gasteiger partial charge in [-0.1, -0.05) is 0 Å². The summed E-state index contributed by atoms with van der Waals surface area (Å²) in [6.45, 7) is 0.499. The number of ether oxygens (including phenoxy) is 2. The first-order valence-corrected chi connectivity index (χ1v) is 5.94. The third kappa shape index (κ3) is 3.44. The average Bonchev–Trinajstić information content (AvgIpc) is 2.19. The molecule has 0 amide bonds. The number of methoxy groups -OCH3 is 1. The van der Waals surface area contributed by atoms with Gasteiger partial charge in [0.15, 0.2) is 11.6 Å². The Morgan fingerprint density at radius 1 is 1.38 bits per heavy atom. The lowest BCUT2D eigenvalue weighted by atomic mass is 10.3. The number of hydrogen-bond acceptors (Lipinski definition) is 4. The maximum absolute atomic E-state index is 13.3.